The normalized spacial score (nSPS) is 36.1. The van der Waals surface area contributed by atoms with Gasteiger partial charge in [0, 0.05) is 17.4 Å². The van der Waals surface area contributed by atoms with E-state index in [0.717, 1.165) is 0 Å². The van der Waals surface area contributed by atoms with Crippen LogP contribution in [0.15, 0.2) is 35.2 Å². The topological polar surface area (TPSA) is 182 Å². The fraction of sp³-hybridized carbons (Fsp3) is 0.409. The molecule has 5 atom stereocenters. The van der Waals surface area contributed by atoms with Crippen LogP contribution in [0.5, 0.6) is 5.75 Å². The van der Waals surface area contributed by atoms with E-state index in [-0.39, 0.29) is 17.5 Å². The molecule has 7 N–H and O–H groups in total. The molecule has 1 aromatic rings. The number of aliphatic hydroxyl groups is 4. The van der Waals surface area contributed by atoms with Crippen molar-refractivity contribution in [3.63, 3.8) is 0 Å². The summed E-state index contributed by atoms with van der Waals surface area (Å²) in [4.78, 5) is 41.2. The molecule has 4 rings (SSSR count). The first-order valence-electron chi connectivity index (χ1n) is 9.97. The summed E-state index contributed by atoms with van der Waals surface area (Å²) in [6.45, 7) is 1.40. The van der Waals surface area contributed by atoms with E-state index < -0.39 is 75.0 Å². The fourth-order valence-corrected chi connectivity index (χ4v) is 5.49. The summed E-state index contributed by atoms with van der Waals surface area (Å²) >= 11 is 0. The van der Waals surface area contributed by atoms with Crippen LogP contribution in [-0.4, -0.2) is 73.5 Å². The number of nitrogens with zero attached hydrogens (tertiary/aromatic N) is 1. The first-order valence-corrected chi connectivity index (χ1v) is 9.97. The number of hydrogen-bond acceptors (Lipinski definition) is 10. The van der Waals surface area contributed by atoms with Gasteiger partial charge in [-0.15, -0.1) is 0 Å². The summed E-state index contributed by atoms with van der Waals surface area (Å²) in [6, 6.07) is 3.00. The lowest BCUT2D eigenvalue weighted by atomic mass is 9.53. The van der Waals surface area contributed by atoms with Crippen molar-refractivity contribution in [2.24, 2.45) is 17.6 Å². The summed E-state index contributed by atoms with van der Waals surface area (Å²) in [6.07, 6.45) is -0.220. The van der Waals surface area contributed by atoms with Crippen molar-refractivity contribution in [1.82, 2.24) is 4.90 Å². The van der Waals surface area contributed by atoms with Gasteiger partial charge >= 0.3 is 0 Å². The highest BCUT2D eigenvalue weighted by Crippen LogP contribution is 2.56. The average molecular weight is 444 g/mol. The molecule has 10 heteroatoms. The van der Waals surface area contributed by atoms with Crippen molar-refractivity contribution in [2.75, 3.05) is 14.1 Å². The summed E-state index contributed by atoms with van der Waals surface area (Å²) in [7, 11) is 3.01. The van der Waals surface area contributed by atoms with Gasteiger partial charge < -0.3 is 31.3 Å². The molecule has 0 amide bonds. The molecule has 2 fully saturated rings. The third-order valence-corrected chi connectivity index (χ3v) is 7.01. The summed E-state index contributed by atoms with van der Waals surface area (Å²) in [5, 5.41) is 53.9. The lowest BCUT2D eigenvalue weighted by Crippen LogP contribution is -2.70. The monoisotopic (exact) mass is 444 g/mol. The van der Waals surface area contributed by atoms with Crippen LogP contribution in [0, 0.1) is 11.8 Å². The summed E-state index contributed by atoms with van der Waals surface area (Å²) < 4.78 is 0. The van der Waals surface area contributed by atoms with Crippen LogP contribution >= 0.6 is 0 Å². The molecule has 0 radical (unpaired) electrons. The van der Waals surface area contributed by atoms with Gasteiger partial charge in [-0.3, -0.25) is 19.3 Å². The van der Waals surface area contributed by atoms with Gasteiger partial charge in [0.25, 0.3) is 0 Å². The Hall–Kier alpha value is -3.21. The zero-order valence-corrected chi connectivity index (χ0v) is 17.7. The Bertz CT molecular complexity index is 1140. The van der Waals surface area contributed by atoms with Gasteiger partial charge in [0.2, 0.25) is 11.6 Å². The standard InChI is InChI=1S/C22H24N2O8/c1-21(31)8-5-4-6-11(25)12(8)16(26)13-9(21)7-10-15(24(2)3)17(27)14(20(23)30)19(29)22(10,32)18(13)28/h4-6,9-10,15,25-26,30-32H,7,23H2,1-3H3/t9-,10-,15-,21+,22-/m0/s1. The van der Waals surface area contributed by atoms with E-state index in [9.17, 15) is 39.9 Å². The molecule has 0 bridgehead atoms. The Morgan fingerprint density at radius 1 is 1.12 bits per heavy atom. The lowest BCUT2D eigenvalue weighted by molar-refractivity contribution is -0.169. The van der Waals surface area contributed by atoms with Crippen LogP contribution in [0.2, 0.25) is 0 Å². The highest BCUT2D eigenvalue weighted by molar-refractivity contribution is 6.35. The van der Waals surface area contributed by atoms with Crippen molar-refractivity contribution >= 4 is 23.1 Å². The number of carbonyl (C=O) groups excluding carboxylic acids is 3. The lowest BCUT2D eigenvalue weighted by Gasteiger charge is -2.53. The number of aliphatic hydroxyl groups excluding tert-OH is 2. The zero-order valence-electron chi connectivity index (χ0n) is 17.7. The largest absolute Gasteiger partial charge is 0.507 e. The number of benzene rings is 1. The zero-order chi connectivity index (χ0) is 23.9. The number of carbonyl (C=O) groups is 3. The quantitative estimate of drug-likeness (QED) is 0.145. The minimum Gasteiger partial charge on any atom is -0.507 e. The average Bonchev–Trinajstić information content (AvgIpc) is 2.68. The Balaban J connectivity index is 2.03. The highest BCUT2D eigenvalue weighted by atomic mass is 16.3. The number of nitrogens with two attached hydrogens (primary N) is 1. The molecule has 3 aliphatic rings. The number of fused-ring (bicyclic) bond motifs is 3. The van der Waals surface area contributed by atoms with Gasteiger partial charge in [0.1, 0.15) is 17.1 Å². The van der Waals surface area contributed by atoms with Crippen LogP contribution in [0.25, 0.3) is 5.76 Å². The van der Waals surface area contributed by atoms with Gasteiger partial charge in [-0.1, -0.05) is 12.1 Å². The van der Waals surface area contributed by atoms with Crippen LogP contribution in [0.3, 0.4) is 0 Å². The molecule has 32 heavy (non-hydrogen) atoms. The molecule has 1 aromatic carbocycles. The van der Waals surface area contributed by atoms with Crippen LogP contribution in [-0.2, 0) is 20.0 Å². The first-order chi connectivity index (χ1) is 14.8. The van der Waals surface area contributed by atoms with Gasteiger partial charge in [-0.25, -0.2) is 0 Å². The third kappa shape index (κ3) is 2.48. The molecule has 0 aliphatic heterocycles. The molecule has 0 spiro atoms. The smallest absolute Gasteiger partial charge is 0.211 e. The number of hydrogen-bond donors (Lipinski definition) is 6. The SMILES string of the molecule is CN(C)[C@@H]1C(=O)C(=C(N)O)C(=O)[C@@]2(O)C(=O)C3=C(O)c4c(O)cccc4[C@@](C)(O)[C@H]3C[C@@H]12. The number of Topliss-reactive ketones (excluding diaryl/α,β-unsaturated/α-hetero) is 3. The number of phenols is 1. The molecule has 10 nitrogen and oxygen atoms in total. The van der Waals surface area contributed by atoms with E-state index in [1.807, 2.05) is 0 Å². The fourth-order valence-electron chi connectivity index (χ4n) is 5.49. The second kappa shape index (κ2) is 6.64. The number of rotatable bonds is 1. The van der Waals surface area contributed by atoms with Crippen molar-refractivity contribution in [1.29, 1.82) is 0 Å². The second-order valence-corrected chi connectivity index (χ2v) is 8.96. The van der Waals surface area contributed by atoms with Crippen LogP contribution in [0.4, 0.5) is 0 Å². The van der Waals surface area contributed by atoms with Crippen LogP contribution in [0.1, 0.15) is 24.5 Å². The van der Waals surface area contributed by atoms with E-state index in [1.54, 1.807) is 0 Å². The summed E-state index contributed by atoms with van der Waals surface area (Å²) in [5.74, 6) is -8.00. The Labute approximate surface area is 182 Å². The van der Waals surface area contributed by atoms with Gasteiger partial charge in [-0.05, 0) is 39.1 Å². The minimum atomic E-state index is -2.82. The minimum absolute atomic E-state index is 0.164. The molecule has 0 unspecified atom stereocenters. The number of ketones is 3. The molecular formula is C22H24N2O8. The Kier molecular flexibility index (Phi) is 4.57. The van der Waals surface area contributed by atoms with Gasteiger partial charge in [0.05, 0.1) is 17.2 Å². The van der Waals surface area contributed by atoms with Crippen molar-refractivity contribution in [3.05, 3.63) is 46.4 Å². The predicted molar refractivity (Wildman–Crippen MR) is 110 cm³/mol. The first kappa shape index (κ1) is 22.0. The van der Waals surface area contributed by atoms with E-state index >= 15 is 0 Å². The van der Waals surface area contributed by atoms with Crippen LogP contribution < -0.4 is 5.73 Å². The Morgan fingerprint density at radius 3 is 2.31 bits per heavy atom. The van der Waals surface area contributed by atoms with Crippen molar-refractivity contribution < 1.29 is 39.9 Å². The maximum absolute atomic E-state index is 13.6. The predicted octanol–water partition coefficient (Wildman–Crippen LogP) is -0.371. The van der Waals surface area contributed by atoms with Gasteiger partial charge in [-0.2, -0.15) is 0 Å². The van der Waals surface area contributed by atoms with Crippen molar-refractivity contribution in [3.8, 4) is 5.75 Å². The third-order valence-electron chi connectivity index (χ3n) is 7.01. The number of phenolic OH excluding ortho intramolecular Hbond substituents is 1. The van der Waals surface area contributed by atoms with E-state index in [4.69, 9.17) is 5.73 Å². The maximum Gasteiger partial charge on any atom is 0.211 e. The molecule has 0 heterocycles. The molecular weight excluding hydrogens is 420 g/mol. The number of aromatic hydroxyl groups is 1. The Morgan fingerprint density at radius 2 is 1.75 bits per heavy atom. The van der Waals surface area contributed by atoms with Gasteiger partial charge in [0.15, 0.2) is 17.3 Å². The summed E-state index contributed by atoms with van der Waals surface area (Å²) in [5.41, 5.74) is -0.589. The van der Waals surface area contributed by atoms with E-state index in [1.165, 1.54) is 44.1 Å². The number of likely N-dealkylation sites (N-methyl/N-ethyl adjacent to an activating group) is 1. The van der Waals surface area contributed by atoms with Crippen molar-refractivity contribution in [2.45, 2.75) is 30.6 Å². The highest BCUT2D eigenvalue weighted by Gasteiger charge is 2.68. The van der Waals surface area contributed by atoms with E-state index in [0.29, 0.717) is 0 Å². The van der Waals surface area contributed by atoms with E-state index in [2.05, 4.69) is 0 Å². The molecule has 0 aromatic heterocycles. The maximum atomic E-state index is 13.6. The second-order valence-electron chi connectivity index (χ2n) is 8.96. The molecule has 3 aliphatic carbocycles. The molecule has 170 valence electrons. The molecule has 0 saturated heterocycles. The molecule has 2 saturated carbocycles.